The quantitative estimate of drug-likeness (QED) is 0.844. The molecule has 1 aromatic rings. The maximum Gasteiger partial charge on any atom is 0.0451 e. The van der Waals surface area contributed by atoms with Crippen molar-refractivity contribution in [2.75, 3.05) is 13.6 Å². The van der Waals surface area contributed by atoms with E-state index in [0.29, 0.717) is 0 Å². The van der Waals surface area contributed by atoms with Gasteiger partial charge in [-0.1, -0.05) is 43.1 Å². The molecule has 96 valence electrons. The lowest BCUT2D eigenvalue weighted by Gasteiger charge is -2.30. The molecule has 0 saturated heterocycles. The van der Waals surface area contributed by atoms with Crippen LogP contribution in [0.3, 0.4) is 0 Å². The lowest BCUT2D eigenvalue weighted by molar-refractivity contribution is 0.241. The third kappa shape index (κ3) is 5.07. The highest BCUT2D eigenvalue weighted by atomic mass is 35.5. The highest BCUT2D eigenvalue weighted by molar-refractivity contribution is 6.31. The first-order chi connectivity index (χ1) is 7.94. The van der Waals surface area contributed by atoms with Gasteiger partial charge in [0.2, 0.25) is 0 Å². The summed E-state index contributed by atoms with van der Waals surface area (Å²) in [6.07, 6.45) is 2.16. The minimum atomic E-state index is -0.120. The SMILES string of the molecule is CCCC(C)(N)CN(C)Cc1ccccc1Cl. The number of nitrogens with two attached hydrogens (primary N) is 1. The second kappa shape index (κ2) is 6.39. The van der Waals surface area contributed by atoms with Crippen molar-refractivity contribution in [3.05, 3.63) is 34.9 Å². The van der Waals surface area contributed by atoms with Crippen LogP contribution >= 0.6 is 11.6 Å². The first kappa shape index (κ1) is 14.5. The number of rotatable bonds is 6. The molecule has 2 nitrogen and oxygen atoms in total. The van der Waals surface area contributed by atoms with E-state index in [1.165, 1.54) is 0 Å². The second-order valence-corrected chi connectivity index (χ2v) is 5.57. The fourth-order valence-electron chi connectivity index (χ4n) is 2.24. The maximum absolute atomic E-state index is 6.25. The molecule has 1 atom stereocenters. The standard InChI is InChI=1S/C14H23ClN2/c1-4-9-14(2,16)11-17(3)10-12-7-5-6-8-13(12)15/h5-8H,4,9-11,16H2,1-3H3. The van der Waals surface area contributed by atoms with Crippen molar-refractivity contribution >= 4 is 11.6 Å². The average molecular weight is 255 g/mol. The Morgan fingerprint density at radius 2 is 2.00 bits per heavy atom. The van der Waals surface area contributed by atoms with Crippen molar-refractivity contribution in [3.8, 4) is 0 Å². The van der Waals surface area contributed by atoms with Gasteiger partial charge in [-0.25, -0.2) is 0 Å². The fourth-order valence-corrected chi connectivity index (χ4v) is 2.44. The zero-order valence-corrected chi connectivity index (χ0v) is 11.8. The van der Waals surface area contributed by atoms with Gasteiger partial charge in [0.1, 0.15) is 0 Å². The Labute approximate surface area is 110 Å². The summed E-state index contributed by atoms with van der Waals surface area (Å²) >= 11 is 6.14. The molecule has 3 heteroatoms. The predicted molar refractivity (Wildman–Crippen MR) is 75.3 cm³/mol. The number of halogens is 1. The van der Waals surface area contributed by atoms with Crippen LogP contribution in [0.1, 0.15) is 32.3 Å². The van der Waals surface area contributed by atoms with Gasteiger partial charge in [-0.05, 0) is 32.0 Å². The molecule has 0 heterocycles. The highest BCUT2D eigenvalue weighted by Gasteiger charge is 2.19. The molecule has 0 bridgehead atoms. The molecule has 0 radical (unpaired) electrons. The van der Waals surface area contributed by atoms with E-state index in [9.17, 15) is 0 Å². The third-order valence-electron chi connectivity index (χ3n) is 2.85. The molecule has 0 saturated carbocycles. The Hall–Kier alpha value is -0.570. The summed E-state index contributed by atoms with van der Waals surface area (Å²) in [5.74, 6) is 0. The van der Waals surface area contributed by atoms with E-state index in [-0.39, 0.29) is 5.54 Å². The van der Waals surface area contributed by atoms with E-state index in [4.69, 9.17) is 17.3 Å². The van der Waals surface area contributed by atoms with Crippen LogP contribution in [0.15, 0.2) is 24.3 Å². The lowest BCUT2D eigenvalue weighted by atomic mass is 9.97. The topological polar surface area (TPSA) is 29.3 Å². The van der Waals surface area contributed by atoms with Crippen LogP contribution in [0.5, 0.6) is 0 Å². The maximum atomic E-state index is 6.25. The van der Waals surface area contributed by atoms with Crippen molar-refractivity contribution < 1.29 is 0 Å². The average Bonchev–Trinajstić information content (AvgIpc) is 2.20. The van der Waals surface area contributed by atoms with Crippen molar-refractivity contribution in [2.24, 2.45) is 5.73 Å². The molecule has 0 aliphatic carbocycles. The van der Waals surface area contributed by atoms with E-state index in [0.717, 1.165) is 36.5 Å². The Kier molecular flexibility index (Phi) is 5.44. The van der Waals surface area contributed by atoms with Crippen LogP contribution in [-0.4, -0.2) is 24.0 Å². The molecule has 0 amide bonds. The molecular weight excluding hydrogens is 232 g/mol. The lowest BCUT2D eigenvalue weighted by Crippen LogP contribution is -2.46. The van der Waals surface area contributed by atoms with E-state index in [1.807, 2.05) is 18.2 Å². The number of likely N-dealkylation sites (N-methyl/N-ethyl adjacent to an activating group) is 1. The fraction of sp³-hybridized carbons (Fsp3) is 0.571. The second-order valence-electron chi connectivity index (χ2n) is 5.17. The molecule has 0 aromatic heterocycles. The number of hydrogen-bond donors (Lipinski definition) is 1. The van der Waals surface area contributed by atoms with E-state index >= 15 is 0 Å². The van der Waals surface area contributed by atoms with E-state index in [1.54, 1.807) is 0 Å². The van der Waals surface area contributed by atoms with Gasteiger partial charge in [0.25, 0.3) is 0 Å². The Balaban J connectivity index is 2.55. The van der Waals surface area contributed by atoms with Gasteiger partial charge in [-0.3, -0.25) is 0 Å². The number of hydrogen-bond acceptors (Lipinski definition) is 2. The molecule has 17 heavy (non-hydrogen) atoms. The smallest absolute Gasteiger partial charge is 0.0451 e. The largest absolute Gasteiger partial charge is 0.324 e. The van der Waals surface area contributed by atoms with Gasteiger partial charge in [0.15, 0.2) is 0 Å². The number of nitrogens with zero attached hydrogens (tertiary/aromatic N) is 1. The minimum Gasteiger partial charge on any atom is -0.324 e. The van der Waals surface area contributed by atoms with E-state index < -0.39 is 0 Å². The summed E-state index contributed by atoms with van der Waals surface area (Å²) < 4.78 is 0. The first-order valence-corrected chi connectivity index (χ1v) is 6.53. The Morgan fingerprint density at radius 3 is 2.59 bits per heavy atom. The van der Waals surface area contributed by atoms with Crippen LogP contribution in [0.2, 0.25) is 5.02 Å². The van der Waals surface area contributed by atoms with Gasteiger partial charge in [-0.15, -0.1) is 0 Å². The molecule has 0 fully saturated rings. The molecule has 1 rings (SSSR count). The zero-order valence-electron chi connectivity index (χ0n) is 11.0. The molecule has 1 aromatic carbocycles. The van der Waals surface area contributed by atoms with Crippen molar-refractivity contribution in [1.82, 2.24) is 4.90 Å². The van der Waals surface area contributed by atoms with Crippen molar-refractivity contribution in [2.45, 2.75) is 38.8 Å². The summed E-state index contributed by atoms with van der Waals surface area (Å²) in [6, 6.07) is 7.96. The normalized spacial score (nSPS) is 14.9. The highest BCUT2D eigenvalue weighted by Crippen LogP contribution is 2.18. The molecule has 0 aliphatic heterocycles. The van der Waals surface area contributed by atoms with Crippen LogP contribution < -0.4 is 5.73 Å². The summed E-state index contributed by atoms with van der Waals surface area (Å²) in [5, 5.41) is 0.827. The molecular formula is C14H23ClN2. The van der Waals surface area contributed by atoms with Crippen LogP contribution in [-0.2, 0) is 6.54 Å². The van der Waals surface area contributed by atoms with E-state index in [2.05, 4.69) is 31.9 Å². The van der Waals surface area contributed by atoms with Gasteiger partial charge < -0.3 is 10.6 Å². The zero-order chi connectivity index (χ0) is 12.9. The van der Waals surface area contributed by atoms with Gasteiger partial charge in [0.05, 0.1) is 0 Å². The monoisotopic (exact) mass is 254 g/mol. The Morgan fingerprint density at radius 1 is 1.35 bits per heavy atom. The Bertz CT molecular complexity index is 350. The van der Waals surface area contributed by atoms with Crippen LogP contribution in [0.4, 0.5) is 0 Å². The minimum absolute atomic E-state index is 0.120. The summed E-state index contributed by atoms with van der Waals surface area (Å²) in [7, 11) is 2.09. The van der Waals surface area contributed by atoms with Crippen LogP contribution in [0.25, 0.3) is 0 Å². The van der Waals surface area contributed by atoms with Gasteiger partial charge in [0, 0.05) is 23.7 Å². The summed E-state index contributed by atoms with van der Waals surface area (Å²) in [6.45, 7) is 6.00. The third-order valence-corrected chi connectivity index (χ3v) is 3.22. The number of benzene rings is 1. The predicted octanol–water partition coefficient (Wildman–Crippen LogP) is 3.29. The van der Waals surface area contributed by atoms with Gasteiger partial charge >= 0.3 is 0 Å². The summed E-state index contributed by atoms with van der Waals surface area (Å²) in [4.78, 5) is 2.23. The molecule has 0 aliphatic rings. The molecule has 0 spiro atoms. The van der Waals surface area contributed by atoms with Gasteiger partial charge in [-0.2, -0.15) is 0 Å². The van der Waals surface area contributed by atoms with Crippen molar-refractivity contribution in [1.29, 1.82) is 0 Å². The molecule has 2 N–H and O–H groups in total. The first-order valence-electron chi connectivity index (χ1n) is 6.15. The van der Waals surface area contributed by atoms with Crippen LogP contribution in [0, 0.1) is 0 Å². The summed E-state index contributed by atoms with van der Waals surface area (Å²) in [5.41, 5.74) is 7.28. The van der Waals surface area contributed by atoms with Crippen molar-refractivity contribution in [3.63, 3.8) is 0 Å². The molecule has 1 unspecified atom stereocenters.